The fraction of sp³-hybridized carbons (Fsp3) is 0.435. The molecule has 0 fully saturated rings. The quantitative estimate of drug-likeness (QED) is 0.763. The van der Waals surface area contributed by atoms with E-state index in [1.54, 1.807) is 25.3 Å². The lowest BCUT2D eigenvalue weighted by molar-refractivity contribution is 0.134. The largest absolute Gasteiger partial charge is 0.493 e. The number of benzene rings is 2. The van der Waals surface area contributed by atoms with E-state index >= 15 is 0 Å². The molecule has 5 nitrogen and oxygen atoms in total. The minimum Gasteiger partial charge on any atom is -0.493 e. The van der Waals surface area contributed by atoms with Gasteiger partial charge in [-0.25, -0.2) is 8.42 Å². The highest BCUT2D eigenvalue weighted by atomic mass is 32.2. The molecule has 0 atom stereocenters. The van der Waals surface area contributed by atoms with Crippen LogP contribution in [0.25, 0.3) is 0 Å². The maximum atomic E-state index is 12.1. The second-order valence-corrected chi connectivity index (χ2v) is 11.2. The second kappa shape index (κ2) is 6.33. The molecule has 0 spiro atoms. The molecule has 2 heterocycles. The minimum absolute atomic E-state index is 0.296. The van der Waals surface area contributed by atoms with Crippen molar-refractivity contribution in [3.8, 4) is 11.5 Å². The number of rotatable bonds is 3. The van der Waals surface area contributed by atoms with E-state index in [1.165, 1.54) is 6.26 Å². The highest BCUT2D eigenvalue weighted by Crippen LogP contribution is 2.47. The number of hydrogen-bond donors (Lipinski definition) is 0. The molecule has 2 aromatic rings. The van der Waals surface area contributed by atoms with Crippen molar-refractivity contribution in [3.05, 3.63) is 52.6 Å². The molecule has 0 aromatic heterocycles. The summed E-state index contributed by atoms with van der Waals surface area (Å²) in [6, 6.07) is 9.10. The van der Waals surface area contributed by atoms with Gasteiger partial charge in [0.15, 0.2) is 21.3 Å². The van der Waals surface area contributed by atoms with Gasteiger partial charge >= 0.3 is 0 Å². The van der Waals surface area contributed by atoms with Crippen LogP contribution in [0.5, 0.6) is 11.5 Å². The zero-order valence-corrected chi connectivity index (χ0v) is 18.6. The van der Waals surface area contributed by atoms with Crippen molar-refractivity contribution in [1.29, 1.82) is 0 Å². The summed E-state index contributed by atoms with van der Waals surface area (Å²) in [4.78, 5) is 5.35. The Kier molecular flexibility index (Phi) is 4.35. The van der Waals surface area contributed by atoms with E-state index in [0.29, 0.717) is 4.90 Å². The first-order valence-electron chi connectivity index (χ1n) is 9.73. The van der Waals surface area contributed by atoms with Crippen molar-refractivity contribution in [2.45, 2.75) is 56.6 Å². The van der Waals surface area contributed by atoms with Crippen LogP contribution >= 0.6 is 0 Å². The van der Waals surface area contributed by atoms with E-state index < -0.39 is 9.84 Å². The third-order valence-electron chi connectivity index (χ3n) is 5.44. The fourth-order valence-corrected chi connectivity index (χ4v) is 4.97. The highest BCUT2D eigenvalue weighted by molar-refractivity contribution is 7.90. The average Bonchev–Trinajstić information content (AvgIpc) is 2.93. The molecule has 0 saturated heterocycles. The predicted molar refractivity (Wildman–Crippen MR) is 114 cm³/mol. The zero-order chi connectivity index (χ0) is 21.2. The van der Waals surface area contributed by atoms with Crippen molar-refractivity contribution in [1.82, 2.24) is 0 Å². The van der Waals surface area contributed by atoms with Crippen LogP contribution in [0.2, 0.25) is 0 Å². The van der Waals surface area contributed by atoms with Crippen molar-refractivity contribution in [2.24, 2.45) is 4.99 Å². The number of methoxy groups -OCH3 is 1. The number of sulfone groups is 1. The van der Waals surface area contributed by atoms with Crippen LogP contribution < -0.4 is 9.47 Å². The fourth-order valence-electron chi connectivity index (χ4n) is 4.30. The van der Waals surface area contributed by atoms with Gasteiger partial charge in [-0.1, -0.05) is 12.1 Å². The highest BCUT2D eigenvalue weighted by Gasteiger charge is 2.39. The number of nitrogens with zero attached hydrogens (tertiary/aromatic N) is 1. The summed E-state index contributed by atoms with van der Waals surface area (Å²) < 4.78 is 36.1. The van der Waals surface area contributed by atoms with Gasteiger partial charge in [-0.15, -0.1) is 0 Å². The minimum atomic E-state index is -3.31. The third-order valence-corrected chi connectivity index (χ3v) is 6.55. The SMILES string of the molecule is COc1cc2c(c3c1OC(C)(C)C3)C(c1cccc(S(C)(=O)=O)c1)=NC(C)(C)C2. The Balaban J connectivity index is 1.99. The van der Waals surface area contributed by atoms with E-state index in [4.69, 9.17) is 14.5 Å². The van der Waals surface area contributed by atoms with E-state index in [9.17, 15) is 8.42 Å². The van der Waals surface area contributed by atoms with E-state index in [2.05, 4.69) is 27.7 Å². The Hall–Kier alpha value is -2.34. The van der Waals surface area contributed by atoms with Crippen LogP contribution in [0, 0.1) is 0 Å². The lowest BCUT2D eigenvalue weighted by atomic mass is 9.81. The molecule has 29 heavy (non-hydrogen) atoms. The Morgan fingerprint density at radius 3 is 2.48 bits per heavy atom. The monoisotopic (exact) mass is 413 g/mol. The summed E-state index contributed by atoms with van der Waals surface area (Å²) >= 11 is 0. The van der Waals surface area contributed by atoms with Gasteiger partial charge in [-0.2, -0.15) is 0 Å². The van der Waals surface area contributed by atoms with Gasteiger partial charge in [0.1, 0.15) is 5.60 Å². The standard InChI is InChI=1S/C23H27NO4S/c1-22(2)12-15-11-18(27-5)21-17(13-23(3,4)28-21)19(15)20(24-22)14-8-7-9-16(10-14)29(6,25)26/h7-11H,12-13H2,1-6H3. The van der Waals surface area contributed by atoms with Gasteiger partial charge in [0.2, 0.25) is 0 Å². The Bertz CT molecular complexity index is 1140. The number of aliphatic imine (C=N–C) groups is 1. The Morgan fingerprint density at radius 1 is 1.10 bits per heavy atom. The van der Waals surface area contributed by atoms with Crippen LogP contribution in [-0.4, -0.2) is 38.6 Å². The van der Waals surface area contributed by atoms with Gasteiger partial charge in [0.25, 0.3) is 0 Å². The van der Waals surface area contributed by atoms with E-state index in [1.807, 2.05) is 12.1 Å². The molecule has 0 saturated carbocycles. The Labute approximate surface area is 172 Å². The molecular weight excluding hydrogens is 386 g/mol. The van der Waals surface area contributed by atoms with Crippen molar-refractivity contribution in [3.63, 3.8) is 0 Å². The van der Waals surface area contributed by atoms with Gasteiger partial charge in [-0.3, -0.25) is 4.99 Å². The van der Waals surface area contributed by atoms with Crippen LogP contribution in [0.3, 0.4) is 0 Å². The Morgan fingerprint density at radius 2 is 1.83 bits per heavy atom. The third kappa shape index (κ3) is 3.54. The zero-order valence-electron chi connectivity index (χ0n) is 17.8. The van der Waals surface area contributed by atoms with Crippen LogP contribution in [0.15, 0.2) is 40.2 Å². The topological polar surface area (TPSA) is 65.0 Å². The molecule has 4 rings (SSSR count). The summed E-state index contributed by atoms with van der Waals surface area (Å²) in [6.07, 6.45) is 2.75. The molecule has 6 heteroatoms. The van der Waals surface area contributed by atoms with Gasteiger partial charge in [0.05, 0.1) is 23.3 Å². The molecule has 0 N–H and O–H groups in total. The molecule has 0 bridgehead atoms. The van der Waals surface area contributed by atoms with Crippen molar-refractivity contribution < 1.29 is 17.9 Å². The maximum absolute atomic E-state index is 12.1. The molecule has 0 aliphatic carbocycles. The molecule has 0 amide bonds. The molecule has 154 valence electrons. The first kappa shape index (κ1) is 20.0. The van der Waals surface area contributed by atoms with E-state index in [-0.39, 0.29) is 11.1 Å². The molecular formula is C23H27NO4S. The number of fused-ring (bicyclic) bond motifs is 3. The summed E-state index contributed by atoms with van der Waals surface area (Å²) in [6.45, 7) is 8.31. The van der Waals surface area contributed by atoms with E-state index in [0.717, 1.165) is 52.3 Å². The summed E-state index contributed by atoms with van der Waals surface area (Å²) in [5, 5.41) is 0. The molecule has 0 radical (unpaired) electrons. The number of hydrogen-bond acceptors (Lipinski definition) is 5. The van der Waals surface area contributed by atoms with Gasteiger partial charge in [0, 0.05) is 29.4 Å². The van der Waals surface area contributed by atoms with Gasteiger partial charge in [-0.05, 0) is 57.9 Å². The van der Waals surface area contributed by atoms with Gasteiger partial charge < -0.3 is 9.47 Å². The lowest BCUT2D eigenvalue weighted by Crippen LogP contribution is -2.30. The smallest absolute Gasteiger partial charge is 0.175 e. The summed E-state index contributed by atoms with van der Waals surface area (Å²) in [7, 11) is -1.65. The van der Waals surface area contributed by atoms with Crippen LogP contribution in [-0.2, 0) is 22.7 Å². The maximum Gasteiger partial charge on any atom is 0.175 e. The lowest BCUT2D eigenvalue weighted by Gasteiger charge is -2.31. The van der Waals surface area contributed by atoms with Crippen molar-refractivity contribution >= 4 is 15.5 Å². The summed E-state index contributed by atoms with van der Waals surface area (Å²) in [5.41, 5.74) is 4.28. The first-order chi connectivity index (χ1) is 13.4. The normalized spacial score (nSPS) is 19.0. The summed E-state index contributed by atoms with van der Waals surface area (Å²) in [5.74, 6) is 1.51. The van der Waals surface area contributed by atoms with Crippen LogP contribution in [0.1, 0.15) is 49.9 Å². The first-order valence-corrected chi connectivity index (χ1v) is 11.6. The molecule has 2 aromatic carbocycles. The number of ether oxygens (including phenoxy) is 2. The average molecular weight is 414 g/mol. The molecule has 0 unspecified atom stereocenters. The second-order valence-electron chi connectivity index (χ2n) is 9.21. The molecule has 2 aliphatic rings. The van der Waals surface area contributed by atoms with Crippen molar-refractivity contribution in [2.75, 3.05) is 13.4 Å². The molecule has 2 aliphatic heterocycles. The van der Waals surface area contributed by atoms with Crippen LogP contribution in [0.4, 0.5) is 0 Å². The predicted octanol–water partition coefficient (Wildman–Crippen LogP) is 3.98.